The molecule has 0 aliphatic rings. The molecule has 0 bridgehead atoms. The van der Waals surface area contributed by atoms with E-state index in [9.17, 15) is 0 Å². The van der Waals surface area contributed by atoms with Gasteiger partial charge in [-0.1, -0.05) is 176 Å². The topological polar surface area (TPSA) is 3.24 Å². The van der Waals surface area contributed by atoms with Crippen molar-refractivity contribution in [2.75, 3.05) is 4.90 Å². The van der Waals surface area contributed by atoms with E-state index in [4.69, 9.17) is 0 Å². The van der Waals surface area contributed by atoms with E-state index < -0.39 is 0 Å². The van der Waals surface area contributed by atoms with Crippen molar-refractivity contribution in [1.29, 1.82) is 0 Å². The van der Waals surface area contributed by atoms with Gasteiger partial charge in [0.2, 0.25) is 0 Å². The predicted molar refractivity (Wildman–Crippen MR) is 233 cm³/mol. The molecule has 0 fully saturated rings. The molecular formula is C52H35NS. The minimum atomic E-state index is 1.11. The van der Waals surface area contributed by atoms with E-state index in [1.54, 1.807) is 0 Å². The Hall–Kier alpha value is -6.74. The zero-order valence-electron chi connectivity index (χ0n) is 29.6. The summed E-state index contributed by atoms with van der Waals surface area (Å²) in [5.41, 5.74) is 13.1. The largest absolute Gasteiger partial charge is 0.309 e. The van der Waals surface area contributed by atoms with E-state index in [1.165, 1.54) is 81.1 Å². The van der Waals surface area contributed by atoms with Crippen molar-refractivity contribution in [3.8, 4) is 44.5 Å². The molecule has 0 saturated carbocycles. The van der Waals surface area contributed by atoms with Crippen LogP contribution < -0.4 is 4.90 Å². The first-order valence-corrected chi connectivity index (χ1v) is 19.2. The molecule has 0 aliphatic carbocycles. The first-order chi connectivity index (χ1) is 26.8. The Kier molecular flexibility index (Phi) is 8.09. The second-order valence-corrected chi connectivity index (χ2v) is 14.7. The fourth-order valence-electron chi connectivity index (χ4n) is 7.95. The average Bonchev–Trinajstić information content (AvgIpc) is 3.64. The van der Waals surface area contributed by atoms with E-state index >= 15 is 0 Å². The van der Waals surface area contributed by atoms with Gasteiger partial charge in [-0.05, 0) is 91.7 Å². The van der Waals surface area contributed by atoms with Crippen molar-refractivity contribution in [3.63, 3.8) is 0 Å². The number of rotatable bonds is 7. The summed E-state index contributed by atoms with van der Waals surface area (Å²) in [6.45, 7) is 0. The van der Waals surface area contributed by atoms with Crippen molar-refractivity contribution in [2.45, 2.75) is 0 Å². The third kappa shape index (κ3) is 5.65. The van der Waals surface area contributed by atoms with E-state index in [0.29, 0.717) is 0 Å². The van der Waals surface area contributed by atoms with Crippen molar-refractivity contribution >= 4 is 59.3 Å². The Bertz CT molecular complexity index is 2920. The summed E-state index contributed by atoms with van der Waals surface area (Å²) in [6, 6.07) is 77.1. The van der Waals surface area contributed by atoms with Crippen LogP contribution in [0.1, 0.15) is 0 Å². The first-order valence-electron chi connectivity index (χ1n) is 18.4. The maximum absolute atomic E-state index is 2.45. The zero-order valence-corrected chi connectivity index (χ0v) is 30.4. The molecule has 1 nitrogen and oxygen atoms in total. The lowest BCUT2D eigenvalue weighted by Gasteiger charge is -2.28. The number of fused-ring (bicyclic) bond motifs is 4. The van der Waals surface area contributed by atoms with Gasteiger partial charge >= 0.3 is 0 Å². The maximum atomic E-state index is 2.45. The highest BCUT2D eigenvalue weighted by atomic mass is 32.1. The van der Waals surface area contributed by atoms with E-state index in [2.05, 4.69) is 217 Å². The van der Waals surface area contributed by atoms with Crippen LogP contribution in [-0.4, -0.2) is 0 Å². The molecule has 2 heteroatoms. The minimum Gasteiger partial charge on any atom is -0.309 e. The summed E-state index contributed by atoms with van der Waals surface area (Å²) >= 11 is 1.87. The zero-order chi connectivity index (χ0) is 35.8. The highest BCUT2D eigenvalue weighted by Crippen LogP contribution is 2.47. The van der Waals surface area contributed by atoms with Gasteiger partial charge in [0, 0.05) is 26.8 Å². The van der Waals surface area contributed by atoms with E-state index in [0.717, 1.165) is 11.4 Å². The van der Waals surface area contributed by atoms with E-state index in [-0.39, 0.29) is 0 Å². The number of thiophene rings is 1. The summed E-state index contributed by atoms with van der Waals surface area (Å²) in [5.74, 6) is 0. The second kappa shape index (κ2) is 13.7. The summed E-state index contributed by atoms with van der Waals surface area (Å²) in [7, 11) is 0. The van der Waals surface area contributed by atoms with Crippen LogP contribution in [0.3, 0.4) is 0 Å². The van der Waals surface area contributed by atoms with Crippen molar-refractivity contribution in [1.82, 2.24) is 0 Å². The van der Waals surface area contributed by atoms with Crippen molar-refractivity contribution in [3.05, 3.63) is 212 Å². The van der Waals surface area contributed by atoms with Gasteiger partial charge < -0.3 is 4.90 Å². The van der Waals surface area contributed by atoms with Crippen LogP contribution in [-0.2, 0) is 0 Å². The van der Waals surface area contributed by atoms with Crippen molar-refractivity contribution in [2.24, 2.45) is 0 Å². The normalized spacial score (nSPS) is 11.3. The SMILES string of the molecule is c1ccc(-c2ccccc2-c2ccc(N(c3ccc(-c4cccc5ccccc45)cc3)c3cccc4c3sc3ccccc34)cc2-c2ccccc2)cc1. The van der Waals surface area contributed by atoms with Crippen LogP contribution in [0.15, 0.2) is 212 Å². The Morgan fingerprint density at radius 3 is 1.65 bits per heavy atom. The molecule has 0 amide bonds. The molecule has 0 aliphatic heterocycles. The molecule has 0 saturated heterocycles. The smallest absolute Gasteiger partial charge is 0.0640 e. The minimum absolute atomic E-state index is 1.11. The molecule has 0 N–H and O–H groups in total. The van der Waals surface area contributed by atoms with Crippen LogP contribution in [0.4, 0.5) is 17.1 Å². The molecule has 0 radical (unpaired) electrons. The first kappa shape index (κ1) is 32.0. The van der Waals surface area contributed by atoms with Gasteiger partial charge in [0.15, 0.2) is 0 Å². The number of hydrogen-bond acceptors (Lipinski definition) is 2. The monoisotopic (exact) mass is 705 g/mol. The molecule has 1 aromatic heterocycles. The highest BCUT2D eigenvalue weighted by Gasteiger charge is 2.21. The summed E-state index contributed by atoms with van der Waals surface area (Å²) < 4.78 is 2.57. The molecule has 0 unspecified atom stereocenters. The molecule has 0 spiro atoms. The second-order valence-electron chi connectivity index (χ2n) is 13.7. The fourth-order valence-corrected chi connectivity index (χ4v) is 9.16. The highest BCUT2D eigenvalue weighted by molar-refractivity contribution is 7.26. The lowest BCUT2D eigenvalue weighted by molar-refractivity contribution is 1.30. The van der Waals surface area contributed by atoms with E-state index in [1.807, 2.05) is 11.3 Å². The van der Waals surface area contributed by atoms with Crippen LogP contribution >= 0.6 is 11.3 Å². The van der Waals surface area contributed by atoms with Gasteiger partial charge in [-0.2, -0.15) is 0 Å². The molecule has 10 rings (SSSR count). The molecular weight excluding hydrogens is 671 g/mol. The van der Waals surface area contributed by atoms with Crippen LogP contribution in [0, 0.1) is 0 Å². The number of benzene rings is 9. The molecule has 10 aromatic rings. The third-order valence-electron chi connectivity index (χ3n) is 10.5. The molecule has 0 atom stereocenters. The van der Waals surface area contributed by atoms with Gasteiger partial charge in [-0.3, -0.25) is 0 Å². The molecule has 54 heavy (non-hydrogen) atoms. The van der Waals surface area contributed by atoms with Crippen LogP contribution in [0.2, 0.25) is 0 Å². The third-order valence-corrected chi connectivity index (χ3v) is 11.7. The maximum Gasteiger partial charge on any atom is 0.0640 e. The van der Waals surface area contributed by atoms with Gasteiger partial charge in [0.25, 0.3) is 0 Å². The number of anilines is 3. The summed E-state index contributed by atoms with van der Waals surface area (Å²) in [4.78, 5) is 2.45. The average molecular weight is 706 g/mol. The molecule has 1 heterocycles. The predicted octanol–water partition coefficient (Wildman–Crippen LogP) is 15.3. The van der Waals surface area contributed by atoms with Crippen molar-refractivity contribution < 1.29 is 0 Å². The number of nitrogens with zero attached hydrogens (tertiary/aromatic N) is 1. The quantitative estimate of drug-likeness (QED) is 0.160. The van der Waals surface area contributed by atoms with Gasteiger partial charge in [0.05, 0.1) is 10.4 Å². The van der Waals surface area contributed by atoms with Gasteiger partial charge in [-0.15, -0.1) is 11.3 Å². The van der Waals surface area contributed by atoms with Crippen LogP contribution in [0.5, 0.6) is 0 Å². The standard InChI is InChI=1S/C52H35NS/c1-3-15-36(16-4-1)44-22-9-10-23-45(44)46-34-33-41(35-49(46)38-17-5-2-6-18-38)53(50-27-14-26-48-47-24-11-12-28-51(47)54-52(48)50)40-31-29-39(30-32-40)43-25-13-20-37-19-7-8-21-42(37)43/h1-35H. The van der Waals surface area contributed by atoms with Crippen LogP contribution in [0.25, 0.3) is 75.5 Å². The van der Waals surface area contributed by atoms with Gasteiger partial charge in [-0.25, -0.2) is 0 Å². The summed E-state index contributed by atoms with van der Waals surface area (Å²) in [5, 5.41) is 5.09. The molecule has 254 valence electrons. The lowest BCUT2D eigenvalue weighted by atomic mass is 9.89. The van der Waals surface area contributed by atoms with Gasteiger partial charge in [0.1, 0.15) is 0 Å². The Morgan fingerprint density at radius 2 is 0.852 bits per heavy atom. The molecule has 9 aromatic carbocycles. The Morgan fingerprint density at radius 1 is 0.315 bits per heavy atom. The number of hydrogen-bond donors (Lipinski definition) is 0. The lowest BCUT2D eigenvalue weighted by Crippen LogP contribution is -2.10. The summed E-state index contributed by atoms with van der Waals surface area (Å²) in [6.07, 6.45) is 0. The Labute approximate surface area is 319 Å². The Balaban J connectivity index is 1.19. The fraction of sp³-hybridized carbons (Fsp3) is 0.